The van der Waals surface area contributed by atoms with Crippen LogP contribution >= 0.6 is 0 Å². The number of anilines is 1. The van der Waals surface area contributed by atoms with Gasteiger partial charge in [-0.2, -0.15) is 63.5 Å². The van der Waals surface area contributed by atoms with Gasteiger partial charge in [0.25, 0.3) is 82.6 Å². The molecule has 1 saturated heterocycles. The van der Waals surface area contributed by atoms with Crippen LogP contribution in [0.15, 0.2) is 115 Å². The van der Waals surface area contributed by atoms with Crippen molar-refractivity contribution >= 4 is 139 Å². The van der Waals surface area contributed by atoms with E-state index in [-0.39, 0.29) is 138 Å². The van der Waals surface area contributed by atoms with Gasteiger partial charge in [0.05, 0.1) is 32.5 Å². The van der Waals surface area contributed by atoms with E-state index in [0.29, 0.717) is 17.2 Å². The molecular weight excluding hydrogens is 1420 g/mol. The molecule has 4 amide bonds. The Morgan fingerprint density at radius 3 is 1.63 bits per heavy atom. The summed E-state index contributed by atoms with van der Waals surface area (Å²) in [4.78, 5) is 69.6. The maximum absolute atomic E-state index is 15.2. The number of carbonyl (C=O) groups excluding carboxylic acids is 5. The number of nitrogens with zero attached hydrogens (tertiary/aromatic N) is 3. The lowest BCUT2D eigenvalue weighted by Gasteiger charge is -2.35. The van der Waals surface area contributed by atoms with Crippen molar-refractivity contribution in [2.75, 3.05) is 48.3 Å². The molecule has 0 bridgehead atoms. The van der Waals surface area contributed by atoms with E-state index in [2.05, 4.69) is 10.6 Å². The molecule has 1 aliphatic carbocycles. The molecule has 1 atom stereocenters. The van der Waals surface area contributed by atoms with E-state index < -0.39 is 173 Å². The molecule has 0 radical (unpaired) electrons. The van der Waals surface area contributed by atoms with E-state index in [4.69, 9.17) is 4.84 Å². The first-order valence-corrected chi connectivity index (χ1v) is 40.0. The Labute approximate surface area is 558 Å². The second-order valence-corrected chi connectivity index (χ2v) is 34.8. The number of unbranched alkanes of at least 4 members (excludes halogenated alkanes) is 2. The van der Waals surface area contributed by atoms with Gasteiger partial charge >= 0.3 is 5.97 Å². The van der Waals surface area contributed by atoms with E-state index in [1.165, 1.54) is 54.6 Å². The van der Waals surface area contributed by atoms with Crippen LogP contribution in [-0.4, -0.2) is 179 Å². The molecule has 3 heterocycles. The van der Waals surface area contributed by atoms with Gasteiger partial charge in [-0.05, 0) is 116 Å². The third-order valence-corrected chi connectivity index (χ3v) is 22.6. The molecule has 9 N–H and O–H groups in total. The molecule has 4 aromatic carbocycles. The van der Waals surface area contributed by atoms with E-state index in [1.54, 1.807) is 37.2 Å². The first-order valence-electron chi connectivity index (χ1n) is 29.4. The van der Waals surface area contributed by atoms with Crippen molar-refractivity contribution in [2.45, 2.75) is 122 Å². The quantitative estimate of drug-likeness (QED) is 0.0134. The lowest BCUT2D eigenvalue weighted by Crippen LogP contribution is -2.53. The Bertz CT molecular complexity index is 5020. The van der Waals surface area contributed by atoms with Gasteiger partial charge < -0.3 is 20.4 Å². The smallest absolute Gasteiger partial charge is 0.333 e. The standard InChI is InChI=1S/C58H67N5O27S7/c1-56(2)47(61(23-8-25-91(69,70)71)43-15-13-39-41(52(43)56)29-37(94(78,79)80)31-45(39)96(84,85)86)17-11-35-28-36(34-58(33-35,55(68)60-22-27-93(75,76)77)54(67)59-21-7-5-6-10-51(66)90-63-49(64)19-20-50(63)65)12-18-48-57(3,4)53-42-30-38(95(81,82)83)32-46(97(87,88)89)40(42)14-16-44(53)62(48)24-9-26-92(72,73)74/h11-18,28-32H,5-10,19-27,33-34H2,1-4H3,(H8-,59,60,67,68,69,70,71,72,73,74,75,76,77,78,79,80,81,82,83,84,85,86,87,88,89)/p+1. The van der Waals surface area contributed by atoms with Gasteiger partial charge in [-0.3, -0.25) is 51.0 Å². The maximum atomic E-state index is 15.2. The minimum absolute atomic E-state index is 0.106. The van der Waals surface area contributed by atoms with Crippen molar-refractivity contribution in [1.82, 2.24) is 15.7 Å². The number of hydroxylamine groups is 2. The molecule has 4 aromatic rings. The van der Waals surface area contributed by atoms with Crippen molar-refractivity contribution in [3.8, 4) is 0 Å². The van der Waals surface area contributed by atoms with Gasteiger partial charge in [0, 0.05) is 90.6 Å². The molecule has 32 nitrogen and oxygen atoms in total. The highest BCUT2D eigenvalue weighted by Gasteiger charge is 2.50. The summed E-state index contributed by atoms with van der Waals surface area (Å²) in [7, 11) is -34.9. The number of hydrogen-bond donors (Lipinski definition) is 9. The minimum Gasteiger partial charge on any atom is -0.355 e. The molecule has 528 valence electrons. The SMILES string of the molecule is CC1(C)C(/C=C/C2=CC(=C/C=C3/N(CCCS(=O)(=O)O)c4ccc5c(S(=O)(=O)O)cc(S(=O)(=O)O)cc5c4C3(C)C)/CC(C(=O)NCCCCCC(=O)ON3C(=O)CCC3=O)(C(=O)NCCS(=O)(=O)O)C2)=[N+](CCCS(=O)(=O)O)c2ccc3c(S(=O)(=O)O)cc(S(=O)(=O)O)cc3c21. The summed E-state index contributed by atoms with van der Waals surface area (Å²) < 4.78 is 247. The van der Waals surface area contributed by atoms with Crippen molar-refractivity contribution in [3.05, 3.63) is 107 Å². The second-order valence-electron chi connectivity index (χ2n) is 24.5. The first kappa shape index (κ1) is 75.5. The van der Waals surface area contributed by atoms with Crippen LogP contribution in [0.4, 0.5) is 11.4 Å². The molecule has 0 saturated carbocycles. The van der Waals surface area contributed by atoms with E-state index in [9.17, 15) is 105 Å². The van der Waals surface area contributed by atoms with Crippen LogP contribution in [-0.2, 0) is 110 Å². The predicted molar refractivity (Wildman–Crippen MR) is 346 cm³/mol. The zero-order valence-electron chi connectivity index (χ0n) is 52.0. The molecule has 0 aromatic heterocycles. The molecule has 4 aliphatic rings. The molecule has 97 heavy (non-hydrogen) atoms. The van der Waals surface area contributed by atoms with E-state index in [0.717, 1.165) is 12.1 Å². The molecule has 1 fully saturated rings. The molecule has 1 unspecified atom stereocenters. The third-order valence-electron chi connectivity index (χ3n) is 16.9. The molecule has 0 spiro atoms. The van der Waals surface area contributed by atoms with E-state index >= 15 is 9.59 Å². The predicted octanol–water partition coefficient (Wildman–Crippen LogP) is 4.07. The summed E-state index contributed by atoms with van der Waals surface area (Å²) in [6.07, 6.45) is 5.48. The van der Waals surface area contributed by atoms with Crippen LogP contribution in [0.3, 0.4) is 0 Å². The summed E-state index contributed by atoms with van der Waals surface area (Å²) in [5.74, 6) is -7.04. The van der Waals surface area contributed by atoms with Crippen LogP contribution in [0.1, 0.15) is 103 Å². The average Bonchev–Trinajstić information content (AvgIpc) is 1.59. The van der Waals surface area contributed by atoms with Crippen LogP contribution in [0.5, 0.6) is 0 Å². The lowest BCUT2D eigenvalue weighted by molar-refractivity contribution is -0.437. The fraction of sp³-hybridized carbons (Fsp3) is 0.414. The summed E-state index contributed by atoms with van der Waals surface area (Å²) in [5.41, 5.74) is -3.82. The summed E-state index contributed by atoms with van der Waals surface area (Å²) >= 11 is 0. The van der Waals surface area contributed by atoms with Crippen LogP contribution < -0.4 is 15.5 Å². The van der Waals surface area contributed by atoms with Gasteiger partial charge in [-0.1, -0.05) is 44.6 Å². The number of benzene rings is 4. The van der Waals surface area contributed by atoms with Gasteiger partial charge in [0.1, 0.15) is 21.8 Å². The van der Waals surface area contributed by atoms with Gasteiger partial charge in [-0.15, -0.1) is 5.06 Å². The van der Waals surface area contributed by atoms with Gasteiger partial charge in [0.15, 0.2) is 5.71 Å². The topological polar surface area (TPSA) is 509 Å². The number of nitrogens with one attached hydrogen (secondary N) is 2. The Morgan fingerprint density at radius 2 is 1.09 bits per heavy atom. The minimum atomic E-state index is -5.24. The largest absolute Gasteiger partial charge is 0.355 e. The van der Waals surface area contributed by atoms with Crippen LogP contribution in [0.2, 0.25) is 0 Å². The van der Waals surface area contributed by atoms with Crippen LogP contribution in [0, 0.1) is 5.41 Å². The summed E-state index contributed by atoms with van der Waals surface area (Å²) in [6, 6.07) is 8.21. The van der Waals surface area contributed by atoms with Crippen LogP contribution in [0.25, 0.3) is 21.5 Å². The second kappa shape index (κ2) is 27.5. The fourth-order valence-electron chi connectivity index (χ4n) is 12.6. The lowest BCUT2D eigenvalue weighted by atomic mass is 9.70. The Kier molecular flexibility index (Phi) is 21.4. The maximum Gasteiger partial charge on any atom is 0.333 e. The number of fused-ring (bicyclic) bond motifs is 6. The first-order chi connectivity index (χ1) is 44.5. The number of carbonyl (C=O) groups is 5. The normalized spacial score (nSPS) is 19.4. The monoisotopic (exact) mass is 1490 g/mol. The number of amides is 4. The third kappa shape index (κ3) is 17.1. The van der Waals surface area contributed by atoms with Crippen molar-refractivity contribution in [1.29, 1.82) is 0 Å². The number of rotatable bonds is 27. The number of imide groups is 1. The Hall–Kier alpha value is -7.25. The van der Waals surface area contributed by atoms with Gasteiger partial charge in [0.2, 0.25) is 17.5 Å². The van der Waals surface area contributed by atoms with Gasteiger partial charge in [-0.25, -0.2) is 4.79 Å². The number of allylic oxidation sites excluding steroid dienone is 8. The van der Waals surface area contributed by atoms with Crippen molar-refractivity contribution in [3.63, 3.8) is 0 Å². The zero-order valence-corrected chi connectivity index (χ0v) is 57.7. The average molecular weight is 1490 g/mol. The Morgan fingerprint density at radius 1 is 0.567 bits per heavy atom. The summed E-state index contributed by atoms with van der Waals surface area (Å²) in [6.45, 7) is 4.92. The highest BCUT2D eigenvalue weighted by Crippen LogP contribution is 2.53. The summed E-state index contributed by atoms with van der Waals surface area (Å²) in [5, 5.41) is 4.81. The van der Waals surface area contributed by atoms with Crippen molar-refractivity contribution < 1.29 is 124 Å². The molecule has 39 heteroatoms. The zero-order chi connectivity index (χ0) is 72.2. The molecule has 3 aliphatic heterocycles. The Balaban J connectivity index is 1.31. The highest BCUT2D eigenvalue weighted by atomic mass is 32.2. The fourth-order valence-corrected chi connectivity index (χ4v) is 16.6. The highest BCUT2D eigenvalue weighted by molar-refractivity contribution is 7.87. The van der Waals surface area contributed by atoms with E-state index in [1.807, 2.05) is 0 Å². The number of hydrogen-bond acceptors (Lipinski definition) is 21. The molecule has 8 rings (SSSR count). The van der Waals surface area contributed by atoms with Crippen molar-refractivity contribution in [2.24, 2.45) is 5.41 Å². The molecular formula is C58H68N5O27S7+.